The molecule has 0 saturated carbocycles. The molecule has 1 aliphatic heterocycles. The van der Waals surface area contributed by atoms with Gasteiger partial charge in [-0.15, -0.1) is 0 Å². The highest BCUT2D eigenvalue weighted by molar-refractivity contribution is 5.77. The van der Waals surface area contributed by atoms with Gasteiger partial charge in [0.1, 0.15) is 0 Å². The first-order valence-electron chi connectivity index (χ1n) is 6.17. The Morgan fingerprint density at radius 2 is 2.18 bits per heavy atom. The number of hydrogen-bond donors (Lipinski definition) is 1. The van der Waals surface area contributed by atoms with Crippen molar-refractivity contribution >= 4 is 5.91 Å². The number of hydrogen-bond acceptors (Lipinski definition) is 2. The van der Waals surface area contributed by atoms with Gasteiger partial charge in [-0.25, -0.2) is 0 Å². The van der Waals surface area contributed by atoms with Crippen LogP contribution in [0.5, 0.6) is 0 Å². The molecule has 0 bridgehead atoms. The molecule has 1 aliphatic rings. The van der Waals surface area contributed by atoms with Gasteiger partial charge in [0.05, 0.1) is 6.10 Å². The van der Waals surface area contributed by atoms with Gasteiger partial charge in [-0.1, -0.05) is 37.3 Å². The number of benzene rings is 1. The van der Waals surface area contributed by atoms with Gasteiger partial charge in [0, 0.05) is 19.5 Å². The molecular formula is C14H19NO2. The van der Waals surface area contributed by atoms with Crippen molar-refractivity contribution in [3.05, 3.63) is 35.9 Å². The van der Waals surface area contributed by atoms with Crippen molar-refractivity contribution in [3.63, 3.8) is 0 Å². The lowest BCUT2D eigenvalue weighted by atomic mass is 9.97. The van der Waals surface area contributed by atoms with E-state index < -0.39 is 0 Å². The molecule has 0 aliphatic carbocycles. The van der Waals surface area contributed by atoms with E-state index in [0.29, 0.717) is 25.9 Å². The molecule has 1 saturated heterocycles. The first-order valence-corrected chi connectivity index (χ1v) is 6.17. The molecule has 1 heterocycles. The van der Waals surface area contributed by atoms with E-state index in [-0.39, 0.29) is 17.9 Å². The minimum absolute atomic E-state index is 0.151. The van der Waals surface area contributed by atoms with Crippen molar-refractivity contribution < 1.29 is 9.90 Å². The molecular weight excluding hydrogens is 214 g/mol. The normalized spacial score (nSPS) is 21.5. The largest absolute Gasteiger partial charge is 0.391 e. The quantitative estimate of drug-likeness (QED) is 0.864. The van der Waals surface area contributed by atoms with Crippen LogP contribution in [0.2, 0.25) is 0 Å². The summed E-state index contributed by atoms with van der Waals surface area (Å²) < 4.78 is 0. The van der Waals surface area contributed by atoms with E-state index in [1.54, 1.807) is 4.90 Å². The summed E-state index contributed by atoms with van der Waals surface area (Å²) in [5.74, 6) is 0.388. The number of carbonyl (C=O) groups is 1. The Morgan fingerprint density at radius 3 is 2.76 bits per heavy atom. The molecule has 2 atom stereocenters. The molecule has 1 aromatic carbocycles. The van der Waals surface area contributed by atoms with Gasteiger partial charge in [0.2, 0.25) is 5.91 Å². The molecule has 1 amide bonds. The summed E-state index contributed by atoms with van der Waals surface area (Å²) in [4.78, 5) is 13.8. The zero-order valence-corrected chi connectivity index (χ0v) is 10.2. The van der Waals surface area contributed by atoms with E-state index in [1.165, 1.54) is 5.56 Å². The van der Waals surface area contributed by atoms with Gasteiger partial charge in [0.25, 0.3) is 0 Å². The fraction of sp³-hybridized carbons (Fsp3) is 0.500. The number of nitrogens with zero attached hydrogens (tertiary/aromatic N) is 1. The molecule has 1 N–H and O–H groups in total. The zero-order chi connectivity index (χ0) is 12.3. The minimum atomic E-state index is -0.328. The number of likely N-dealkylation sites (tertiary alicyclic amines) is 1. The number of aliphatic hydroxyl groups excluding tert-OH is 1. The fourth-order valence-corrected chi connectivity index (χ4v) is 2.26. The maximum Gasteiger partial charge on any atom is 0.223 e. The highest BCUT2D eigenvalue weighted by Crippen LogP contribution is 2.21. The van der Waals surface area contributed by atoms with Gasteiger partial charge in [-0.3, -0.25) is 4.79 Å². The smallest absolute Gasteiger partial charge is 0.223 e. The monoisotopic (exact) mass is 233 g/mol. The van der Waals surface area contributed by atoms with Crippen LogP contribution in [0.4, 0.5) is 0 Å². The summed E-state index contributed by atoms with van der Waals surface area (Å²) in [5.41, 5.74) is 1.19. The van der Waals surface area contributed by atoms with E-state index >= 15 is 0 Å². The van der Waals surface area contributed by atoms with Crippen molar-refractivity contribution in [1.82, 2.24) is 4.90 Å². The summed E-state index contributed by atoms with van der Waals surface area (Å²) in [7, 11) is 0. The highest BCUT2D eigenvalue weighted by Gasteiger charge is 2.25. The Hall–Kier alpha value is -1.35. The molecule has 0 radical (unpaired) electrons. The number of β-amino-alcohol motifs (C(OH)–C–C–N with tert-alkyl or cyclic N) is 1. The summed E-state index contributed by atoms with van der Waals surface area (Å²) in [6.45, 7) is 3.27. The molecule has 1 aromatic rings. The fourth-order valence-electron chi connectivity index (χ4n) is 2.26. The van der Waals surface area contributed by atoms with Crippen molar-refractivity contribution in [2.75, 3.05) is 13.1 Å². The summed E-state index contributed by atoms with van der Waals surface area (Å²) in [6.07, 6.45) is 0.910. The number of rotatable bonds is 3. The summed E-state index contributed by atoms with van der Waals surface area (Å²) in [6, 6.07) is 10.1. The van der Waals surface area contributed by atoms with Crippen LogP contribution < -0.4 is 0 Å². The molecule has 1 unspecified atom stereocenters. The van der Waals surface area contributed by atoms with Gasteiger partial charge >= 0.3 is 0 Å². The SMILES string of the molecule is CC(CC(=O)N1CC[C@@H](O)C1)c1ccccc1. The zero-order valence-electron chi connectivity index (χ0n) is 10.2. The predicted molar refractivity (Wildman–Crippen MR) is 66.7 cm³/mol. The summed E-state index contributed by atoms with van der Waals surface area (Å²) in [5, 5.41) is 9.41. The number of carbonyl (C=O) groups excluding carboxylic acids is 1. The van der Waals surface area contributed by atoms with Crippen LogP contribution >= 0.6 is 0 Å². The number of amides is 1. The van der Waals surface area contributed by atoms with Gasteiger partial charge < -0.3 is 10.0 Å². The Bertz CT molecular complexity index is 377. The first-order chi connectivity index (χ1) is 8.16. The van der Waals surface area contributed by atoms with Crippen LogP contribution in [-0.2, 0) is 4.79 Å². The van der Waals surface area contributed by atoms with Crippen LogP contribution in [0, 0.1) is 0 Å². The third-order valence-corrected chi connectivity index (χ3v) is 3.37. The predicted octanol–water partition coefficient (Wildman–Crippen LogP) is 1.77. The van der Waals surface area contributed by atoms with Crippen LogP contribution in [-0.4, -0.2) is 35.1 Å². The molecule has 0 aromatic heterocycles. The van der Waals surface area contributed by atoms with Crippen molar-refractivity contribution in [2.24, 2.45) is 0 Å². The second-order valence-electron chi connectivity index (χ2n) is 4.80. The van der Waals surface area contributed by atoms with E-state index in [1.807, 2.05) is 18.2 Å². The second kappa shape index (κ2) is 5.32. The maximum absolute atomic E-state index is 12.0. The lowest BCUT2D eigenvalue weighted by molar-refractivity contribution is -0.130. The van der Waals surface area contributed by atoms with Crippen LogP contribution in [0.25, 0.3) is 0 Å². The highest BCUT2D eigenvalue weighted by atomic mass is 16.3. The minimum Gasteiger partial charge on any atom is -0.391 e. The van der Waals surface area contributed by atoms with Crippen molar-refractivity contribution in [3.8, 4) is 0 Å². The van der Waals surface area contributed by atoms with Crippen molar-refractivity contribution in [2.45, 2.75) is 31.8 Å². The lowest BCUT2D eigenvalue weighted by Gasteiger charge is -2.18. The number of aliphatic hydroxyl groups is 1. The molecule has 1 fully saturated rings. The van der Waals surface area contributed by atoms with E-state index in [2.05, 4.69) is 19.1 Å². The molecule has 92 valence electrons. The van der Waals surface area contributed by atoms with Gasteiger partial charge in [-0.05, 0) is 17.9 Å². The standard InChI is InChI=1S/C14H19NO2/c1-11(12-5-3-2-4-6-12)9-14(17)15-8-7-13(16)10-15/h2-6,11,13,16H,7-10H2,1H3/t11?,13-/m1/s1. The van der Waals surface area contributed by atoms with E-state index in [9.17, 15) is 9.90 Å². The Balaban J connectivity index is 1.91. The Morgan fingerprint density at radius 1 is 1.47 bits per heavy atom. The molecule has 3 heteroatoms. The Kier molecular flexibility index (Phi) is 3.79. The molecule has 0 spiro atoms. The molecule has 17 heavy (non-hydrogen) atoms. The topological polar surface area (TPSA) is 40.5 Å². The van der Waals surface area contributed by atoms with Gasteiger partial charge in [0.15, 0.2) is 0 Å². The second-order valence-corrected chi connectivity index (χ2v) is 4.80. The van der Waals surface area contributed by atoms with Crippen LogP contribution in [0.3, 0.4) is 0 Å². The molecule has 2 rings (SSSR count). The van der Waals surface area contributed by atoms with E-state index in [4.69, 9.17) is 0 Å². The third-order valence-electron chi connectivity index (χ3n) is 3.37. The van der Waals surface area contributed by atoms with Gasteiger partial charge in [-0.2, -0.15) is 0 Å². The maximum atomic E-state index is 12.0. The van der Waals surface area contributed by atoms with E-state index in [0.717, 1.165) is 0 Å². The molecule has 3 nitrogen and oxygen atoms in total. The Labute approximate surface area is 102 Å². The lowest BCUT2D eigenvalue weighted by Crippen LogP contribution is -2.30. The first kappa shape index (κ1) is 12.1. The van der Waals surface area contributed by atoms with Crippen molar-refractivity contribution in [1.29, 1.82) is 0 Å². The average molecular weight is 233 g/mol. The van der Waals surface area contributed by atoms with Crippen LogP contribution in [0.15, 0.2) is 30.3 Å². The van der Waals surface area contributed by atoms with Crippen LogP contribution in [0.1, 0.15) is 31.2 Å². The third kappa shape index (κ3) is 3.07. The average Bonchev–Trinajstić information content (AvgIpc) is 2.77. The summed E-state index contributed by atoms with van der Waals surface area (Å²) >= 11 is 0.